The first-order valence-corrected chi connectivity index (χ1v) is 17.6. The van der Waals surface area contributed by atoms with E-state index in [-0.39, 0.29) is 6.79 Å². The van der Waals surface area contributed by atoms with Crippen LogP contribution in [0, 0.1) is 0 Å². The van der Waals surface area contributed by atoms with Crippen molar-refractivity contribution in [2.45, 2.75) is 25.3 Å². The number of rotatable bonds is 4. The average molecular weight is 334 g/mol. The van der Waals surface area contributed by atoms with Crippen LogP contribution >= 0.6 is 0 Å². The molecular formula is C5H13O4Si7. The maximum Gasteiger partial charge on any atom is 0.295 e. The lowest BCUT2D eigenvalue weighted by Gasteiger charge is -2.46. The van der Waals surface area contributed by atoms with Gasteiger partial charge in [-0.3, -0.25) is 0 Å². The molecule has 1 rings (SSSR count). The molecule has 0 amide bonds. The Labute approximate surface area is 112 Å². The molecule has 0 aliphatic carbocycles. The van der Waals surface area contributed by atoms with E-state index in [1.54, 1.807) is 0 Å². The Kier molecular flexibility index (Phi) is 5.78. The van der Waals surface area contributed by atoms with Gasteiger partial charge in [0.1, 0.15) is 6.79 Å². The fraction of sp³-hybridized carbons (Fsp3) is 1.00. The van der Waals surface area contributed by atoms with Gasteiger partial charge in [0.05, 0.1) is 18.1 Å². The maximum atomic E-state index is 6.19. The summed E-state index contributed by atoms with van der Waals surface area (Å²) < 4.78 is 22.2. The van der Waals surface area contributed by atoms with E-state index in [0.29, 0.717) is 0 Å². The second-order valence-electron chi connectivity index (χ2n) is 4.27. The summed E-state index contributed by atoms with van der Waals surface area (Å²) in [6.45, 7) is 7.01. The van der Waals surface area contributed by atoms with Gasteiger partial charge in [-0.2, -0.15) is 0 Å². The average Bonchev–Trinajstić information content (AvgIpc) is 2.15. The van der Waals surface area contributed by atoms with Crippen molar-refractivity contribution in [1.82, 2.24) is 0 Å². The van der Waals surface area contributed by atoms with Crippen molar-refractivity contribution in [2.24, 2.45) is 0 Å². The van der Waals surface area contributed by atoms with Crippen molar-refractivity contribution >= 4 is 63.0 Å². The highest BCUT2D eigenvalue weighted by molar-refractivity contribution is 7.64. The Morgan fingerprint density at radius 2 is 2.00 bits per heavy atom. The second-order valence-corrected chi connectivity index (χ2v) is 27.1. The van der Waals surface area contributed by atoms with Crippen LogP contribution in [0.15, 0.2) is 0 Å². The second kappa shape index (κ2) is 6.00. The largest absolute Gasteiger partial charge is 0.441 e. The molecule has 1 heterocycles. The minimum absolute atomic E-state index is 0.243. The highest BCUT2D eigenvalue weighted by atomic mass is 29.8. The quantitative estimate of drug-likeness (QED) is 0.504. The van der Waals surface area contributed by atoms with Gasteiger partial charge in [-0.1, -0.05) is 6.55 Å². The van der Waals surface area contributed by atoms with Crippen molar-refractivity contribution in [3.8, 4) is 0 Å². The molecule has 1 saturated heterocycles. The molecule has 1 atom stereocenters. The van der Waals surface area contributed by atoms with E-state index in [4.69, 9.17) is 17.1 Å². The summed E-state index contributed by atoms with van der Waals surface area (Å²) in [7, 11) is 4.18. The van der Waals surface area contributed by atoms with Crippen LogP contribution in [0.1, 0.15) is 0 Å². The summed E-state index contributed by atoms with van der Waals surface area (Å²) in [5, 5.41) is 0. The summed E-state index contributed by atoms with van der Waals surface area (Å²) in [5.41, 5.74) is 1.20. The van der Waals surface area contributed by atoms with Gasteiger partial charge in [0.15, 0.2) is 8.32 Å². The van der Waals surface area contributed by atoms with E-state index in [9.17, 15) is 0 Å². The summed E-state index contributed by atoms with van der Waals surface area (Å²) in [6.07, 6.45) is 0. The molecule has 0 aromatic carbocycles. The zero-order valence-corrected chi connectivity index (χ0v) is 16.5. The van der Waals surface area contributed by atoms with Gasteiger partial charge < -0.3 is 17.1 Å². The SMILES string of the molecule is C[Si]1C[Si](C)(C)O[Si]([Si])(O[Si])[Si]1OCO[Si]. The molecule has 1 unspecified atom stereocenters. The van der Waals surface area contributed by atoms with E-state index in [2.05, 4.69) is 50.4 Å². The first-order chi connectivity index (χ1) is 7.34. The standard InChI is InChI=1S/C5H13O4Si7/c1-13-5-15(2,3)9-16(12,8-11)14(13)7-4-6-10/h4-5H2,1-3H3. The maximum absolute atomic E-state index is 6.19. The van der Waals surface area contributed by atoms with Gasteiger partial charge in [-0.05, 0) is 18.8 Å². The van der Waals surface area contributed by atoms with E-state index >= 15 is 0 Å². The molecule has 0 saturated carbocycles. The number of hydrogen-bond acceptors (Lipinski definition) is 4. The fourth-order valence-corrected chi connectivity index (χ4v) is 46.2. The van der Waals surface area contributed by atoms with E-state index in [0.717, 1.165) is 0 Å². The Morgan fingerprint density at radius 1 is 1.38 bits per heavy atom. The van der Waals surface area contributed by atoms with Crippen LogP contribution in [0.25, 0.3) is 0 Å². The third-order valence-electron chi connectivity index (χ3n) is 2.20. The first kappa shape index (κ1) is 15.4. The zero-order valence-electron chi connectivity index (χ0n) is 9.55. The van der Waals surface area contributed by atoms with Gasteiger partial charge in [0, 0.05) is 0 Å². The Balaban J connectivity index is 2.79. The van der Waals surface area contributed by atoms with Gasteiger partial charge in [-0.15, -0.1) is 0 Å². The van der Waals surface area contributed by atoms with Crippen LogP contribution in [0.5, 0.6) is 0 Å². The van der Waals surface area contributed by atoms with Crippen LogP contribution < -0.4 is 0 Å². The van der Waals surface area contributed by atoms with Gasteiger partial charge in [0.25, 0.3) is 7.60 Å². The van der Waals surface area contributed by atoms with Crippen LogP contribution in [0.2, 0.25) is 25.3 Å². The molecule has 16 heavy (non-hydrogen) atoms. The molecule has 0 aromatic rings. The van der Waals surface area contributed by atoms with Crippen molar-refractivity contribution in [2.75, 3.05) is 6.79 Å². The third-order valence-corrected chi connectivity index (χ3v) is 35.5. The lowest BCUT2D eigenvalue weighted by Crippen LogP contribution is -2.73. The normalized spacial score (nSPS) is 31.9. The molecule has 11 heteroatoms. The lowest BCUT2D eigenvalue weighted by molar-refractivity contribution is 0.134. The van der Waals surface area contributed by atoms with E-state index in [1.807, 2.05) is 0 Å². The van der Waals surface area contributed by atoms with Crippen molar-refractivity contribution < 1.29 is 17.1 Å². The zero-order chi connectivity index (χ0) is 12.4. The van der Waals surface area contributed by atoms with Gasteiger partial charge in [0.2, 0.25) is 29.0 Å². The number of hydrogen-bond donors (Lipinski definition) is 0. The smallest absolute Gasteiger partial charge is 0.295 e. The predicted molar refractivity (Wildman–Crippen MR) is 71.9 cm³/mol. The Hall–Kier alpha value is 1.36. The third kappa shape index (κ3) is 3.67. The van der Waals surface area contributed by atoms with E-state index in [1.165, 1.54) is 5.67 Å². The van der Waals surface area contributed by atoms with Crippen molar-refractivity contribution in [1.29, 1.82) is 0 Å². The van der Waals surface area contributed by atoms with E-state index < -0.39 is 32.3 Å². The molecule has 0 aromatic heterocycles. The molecule has 0 spiro atoms. The molecular weight excluding hydrogens is 321 g/mol. The highest BCUT2D eigenvalue weighted by Crippen LogP contribution is 2.28. The topological polar surface area (TPSA) is 36.9 Å². The van der Waals surface area contributed by atoms with Crippen LogP contribution in [0.4, 0.5) is 0 Å². The molecule has 1 aliphatic rings. The molecule has 0 bridgehead atoms. The van der Waals surface area contributed by atoms with Gasteiger partial charge >= 0.3 is 0 Å². The highest BCUT2D eigenvalue weighted by Gasteiger charge is 2.55. The first-order valence-electron chi connectivity index (χ1n) is 4.76. The summed E-state index contributed by atoms with van der Waals surface area (Å²) in [6, 6.07) is 0. The fourth-order valence-electron chi connectivity index (χ4n) is 1.85. The molecule has 1 fully saturated rings. The summed E-state index contributed by atoms with van der Waals surface area (Å²) in [4.78, 5) is 0. The summed E-state index contributed by atoms with van der Waals surface area (Å²) >= 11 is 0. The molecule has 11 radical (unpaired) electrons. The van der Waals surface area contributed by atoms with Crippen LogP contribution in [0.3, 0.4) is 0 Å². The molecule has 0 N–H and O–H groups in total. The Bertz CT molecular complexity index is 241. The summed E-state index contributed by atoms with van der Waals surface area (Å²) in [5.74, 6) is 0. The van der Waals surface area contributed by atoms with Crippen LogP contribution in [-0.4, -0.2) is 69.8 Å². The minimum Gasteiger partial charge on any atom is -0.441 e. The minimum atomic E-state index is -2.37. The van der Waals surface area contributed by atoms with Crippen molar-refractivity contribution in [3.63, 3.8) is 0 Å². The molecule has 85 valence electrons. The van der Waals surface area contributed by atoms with Gasteiger partial charge in [-0.25, -0.2) is 0 Å². The Morgan fingerprint density at radius 3 is 2.50 bits per heavy atom. The lowest BCUT2D eigenvalue weighted by atomic mass is 11.6. The molecule has 1 aliphatic heterocycles. The molecule has 4 nitrogen and oxygen atoms in total. The predicted octanol–water partition coefficient (Wildman–Crippen LogP) is -0.684. The van der Waals surface area contributed by atoms with Crippen molar-refractivity contribution in [3.05, 3.63) is 0 Å². The monoisotopic (exact) mass is 333 g/mol. The van der Waals surface area contributed by atoms with Crippen LogP contribution in [-0.2, 0) is 17.1 Å².